The van der Waals surface area contributed by atoms with Crippen LogP contribution in [0.25, 0.3) is 0 Å². The third kappa shape index (κ3) is 4.16. The van der Waals surface area contributed by atoms with Gasteiger partial charge in [0.25, 0.3) is 5.69 Å². The molecule has 2 aromatic rings. The second-order valence-electron chi connectivity index (χ2n) is 5.31. The molecule has 23 heavy (non-hydrogen) atoms. The fraction of sp³-hybridized carbons (Fsp3) is 0.278. The van der Waals surface area contributed by atoms with Crippen molar-refractivity contribution in [3.8, 4) is 0 Å². The summed E-state index contributed by atoms with van der Waals surface area (Å²) in [6.45, 7) is 4.11. The van der Waals surface area contributed by atoms with Crippen LogP contribution in [0.2, 0.25) is 0 Å². The van der Waals surface area contributed by atoms with Gasteiger partial charge in [-0.2, -0.15) is 0 Å². The maximum absolute atomic E-state index is 12.3. The van der Waals surface area contributed by atoms with Crippen molar-refractivity contribution in [2.24, 2.45) is 0 Å². The zero-order valence-electron chi connectivity index (χ0n) is 13.3. The molecule has 1 N–H and O–H groups in total. The zero-order chi connectivity index (χ0) is 16.8. The van der Waals surface area contributed by atoms with Crippen LogP contribution in [0.1, 0.15) is 30.5 Å². The standard InChI is InChI=1S/C18H20N2O3/c1-3-14-6-5-7-15(4-2)18(14)19-17(21)12-13-8-10-16(11-9-13)20(22)23/h5-11H,3-4,12H2,1-2H3,(H,19,21). The Morgan fingerprint density at radius 1 is 1.04 bits per heavy atom. The molecule has 0 saturated carbocycles. The van der Waals surface area contributed by atoms with Crippen molar-refractivity contribution in [3.63, 3.8) is 0 Å². The van der Waals surface area contributed by atoms with Gasteiger partial charge in [-0.3, -0.25) is 14.9 Å². The Morgan fingerprint density at radius 3 is 2.09 bits per heavy atom. The molecule has 0 unspecified atom stereocenters. The number of para-hydroxylation sites is 1. The molecule has 2 rings (SSSR count). The third-order valence-corrected chi connectivity index (χ3v) is 3.78. The van der Waals surface area contributed by atoms with Gasteiger partial charge in [-0.25, -0.2) is 0 Å². The molecule has 5 heteroatoms. The molecule has 0 aliphatic carbocycles. The lowest BCUT2D eigenvalue weighted by Gasteiger charge is -2.14. The number of carbonyl (C=O) groups excluding carboxylic acids is 1. The molecule has 0 aliphatic rings. The predicted molar refractivity (Wildman–Crippen MR) is 90.6 cm³/mol. The van der Waals surface area contributed by atoms with Gasteiger partial charge < -0.3 is 5.32 Å². The molecular weight excluding hydrogens is 292 g/mol. The molecule has 2 aromatic carbocycles. The van der Waals surface area contributed by atoms with Crippen LogP contribution in [0.4, 0.5) is 11.4 Å². The van der Waals surface area contributed by atoms with Crippen LogP contribution in [0.5, 0.6) is 0 Å². The molecular formula is C18H20N2O3. The highest BCUT2D eigenvalue weighted by molar-refractivity contribution is 5.93. The molecule has 0 aromatic heterocycles. The van der Waals surface area contributed by atoms with Crippen LogP contribution >= 0.6 is 0 Å². The number of carbonyl (C=O) groups is 1. The first kappa shape index (κ1) is 16.7. The van der Waals surface area contributed by atoms with Crippen LogP contribution in [0.15, 0.2) is 42.5 Å². The highest BCUT2D eigenvalue weighted by Gasteiger charge is 2.11. The monoisotopic (exact) mass is 312 g/mol. The molecule has 0 spiro atoms. The van der Waals surface area contributed by atoms with E-state index in [1.54, 1.807) is 12.1 Å². The van der Waals surface area contributed by atoms with Crippen LogP contribution in [-0.4, -0.2) is 10.8 Å². The number of non-ortho nitro benzene ring substituents is 1. The van der Waals surface area contributed by atoms with Gasteiger partial charge in [0.2, 0.25) is 5.91 Å². The van der Waals surface area contributed by atoms with E-state index in [0.29, 0.717) is 0 Å². The molecule has 0 bridgehead atoms. The fourth-order valence-electron chi connectivity index (χ4n) is 2.51. The summed E-state index contributed by atoms with van der Waals surface area (Å²) in [5.41, 5.74) is 3.89. The van der Waals surface area contributed by atoms with Crippen molar-refractivity contribution in [2.45, 2.75) is 33.1 Å². The quantitative estimate of drug-likeness (QED) is 0.649. The van der Waals surface area contributed by atoms with E-state index >= 15 is 0 Å². The van der Waals surface area contributed by atoms with Crippen molar-refractivity contribution in [3.05, 3.63) is 69.3 Å². The molecule has 0 atom stereocenters. The first-order valence-electron chi connectivity index (χ1n) is 7.69. The van der Waals surface area contributed by atoms with Gasteiger partial charge in [0.05, 0.1) is 11.3 Å². The van der Waals surface area contributed by atoms with E-state index < -0.39 is 4.92 Å². The number of hydrogen-bond donors (Lipinski definition) is 1. The van der Waals surface area contributed by atoms with E-state index in [1.807, 2.05) is 18.2 Å². The maximum atomic E-state index is 12.3. The van der Waals surface area contributed by atoms with E-state index in [4.69, 9.17) is 0 Å². The fourth-order valence-corrected chi connectivity index (χ4v) is 2.51. The SMILES string of the molecule is CCc1cccc(CC)c1NC(=O)Cc1ccc([N+](=O)[O-])cc1. The van der Waals surface area contributed by atoms with Crippen molar-refractivity contribution >= 4 is 17.3 Å². The normalized spacial score (nSPS) is 10.3. The number of rotatable bonds is 6. The number of amides is 1. The Bertz CT molecular complexity index is 686. The molecule has 1 amide bonds. The van der Waals surface area contributed by atoms with Crippen LogP contribution in [-0.2, 0) is 24.1 Å². The number of benzene rings is 2. The number of hydrogen-bond acceptors (Lipinski definition) is 3. The summed E-state index contributed by atoms with van der Waals surface area (Å²) in [4.78, 5) is 22.5. The molecule has 0 fully saturated rings. The molecule has 0 aliphatic heterocycles. The Labute approximate surface area is 135 Å². The lowest BCUT2D eigenvalue weighted by Crippen LogP contribution is -2.17. The minimum absolute atomic E-state index is 0.0266. The van der Waals surface area contributed by atoms with Gasteiger partial charge in [-0.1, -0.05) is 44.2 Å². The molecule has 0 radical (unpaired) electrons. The highest BCUT2D eigenvalue weighted by Crippen LogP contribution is 2.23. The Morgan fingerprint density at radius 2 is 1.61 bits per heavy atom. The van der Waals surface area contributed by atoms with Crippen molar-refractivity contribution in [2.75, 3.05) is 5.32 Å². The number of nitro benzene ring substituents is 1. The van der Waals surface area contributed by atoms with Crippen molar-refractivity contribution in [1.29, 1.82) is 0 Å². The summed E-state index contributed by atoms with van der Waals surface area (Å²) < 4.78 is 0. The number of anilines is 1. The summed E-state index contributed by atoms with van der Waals surface area (Å²) in [6.07, 6.45) is 1.89. The summed E-state index contributed by atoms with van der Waals surface area (Å²) in [5.74, 6) is -0.116. The summed E-state index contributed by atoms with van der Waals surface area (Å²) >= 11 is 0. The zero-order valence-corrected chi connectivity index (χ0v) is 13.3. The molecule has 0 saturated heterocycles. The first-order chi connectivity index (χ1) is 11.0. The highest BCUT2D eigenvalue weighted by atomic mass is 16.6. The topological polar surface area (TPSA) is 72.2 Å². The molecule has 5 nitrogen and oxygen atoms in total. The van der Waals surface area contributed by atoms with Gasteiger partial charge in [0, 0.05) is 17.8 Å². The number of aryl methyl sites for hydroxylation is 2. The van der Waals surface area contributed by atoms with Crippen LogP contribution in [0, 0.1) is 10.1 Å². The van der Waals surface area contributed by atoms with Gasteiger partial charge in [0.15, 0.2) is 0 Å². The number of nitro groups is 1. The minimum atomic E-state index is -0.450. The van der Waals surface area contributed by atoms with Crippen LogP contribution in [0.3, 0.4) is 0 Å². The average Bonchev–Trinajstić information content (AvgIpc) is 2.55. The Hall–Kier alpha value is -2.69. The lowest BCUT2D eigenvalue weighted by molar-refractivity contribution is -0.384. The molecule has 0 heterocycles. The van der Waals surface area contributed by atoms with E-state index in [1.165, 1.54) is 12.1 Å². The molecule has 120 valence electrons. The lowest BCUT2D eigenvalue weighted by atomic mass is 10.0. The van der Waals surface area contributed by atoms with Gasteiger partial charge in [0.1, 0.15) is 0 Å². The van der Waals surface area contributed by atoms with E-state index in [0.717, 1.165) is 35.2 Å². The van der Waals surface area contributed by atoms with Gasteiger partial charge in [-0.05, 0) is 29.5 Å². The van der Waals surface area contributed by atoms with Gasteiger partial charge in [-0.15, -0.1) is 0 Å². The number of nitrogens with zero attached hydrogens (tertiary/aromatic N) is 1. The van der Waals surface area contributed by atoms with Crippen molar-refractivity contribution in [1.82, 2.24) is 0 Å². The second-order valence-corrected chi connectivity index (χ2v) is 5.31. The van der Waals surface area contributed by atoms with E-state index in [-0.39, 0.29) is 18.0 Å². The third-order valence-electron chi connectivity index (χ3n) is 3.78. The van der Waals surface area contributed by atoms with E-state index in [9.17, 15) is 14.9 Å². The summed E-state index contributed by atoms with van der Waals surface area (Å²) in [7, 11) is 0. The van der Waals surface area contributed by atoms with E-state index in [2.05, 4.69) is 19.2 Å². The smallest absolute Gasteiger partial charge is 0.269 e. The largest absolute Gasteiger partial charge is 0.325 e. The number of nitrogens with one attached hydrogen (secondary N) is 1. The maximum Gasteiger partial charge on any atom is 0.269 e. The summed E-state index contributed by atoms with van der Waals surface area (Å²) in [6, 6.07) is 12.1. The van der Waals surface area contributed by atoms with Crippen molar-refractivity contribution < 1.29 is 9.72 Å². The average molecular weight is 312 g/mol. The predicted octanol–water partition coefficient (Wildman–Crippen LogP) is 3.90. The minimum Gasteiger partial charge on any atom is -0.325 e. The first-order valence-corrected chi connectivity index (χ1v) is 7.69. The Kier molecular flexibility index (Phi) is 5.46. The Balaban J connectivity index is 2.12. The van der Waals surface area contributed by atoms with Gasteiger partial charge >= 0.3 is 0 Å². The van der Waals surface area contributed by atoms with Crippen LogP contribution < -0.4 is 5.32 Å². The summed E-state index contributed by atoms with van der Waals surface area (Å²) in [5, 5.41) is 13.6. The second kappa shape index (κ2) is 7.54.